The molecule has 1 saturated carbocycles. The first kappa shape index (κ1) is 24.8. The molecule has 1 aliphatic carbocycles. The van der Waals surface area contributed by atoms with Crippen LogP contribution >= 0.6 is 0 Å². The molecule has 0 bridgehead atoms. The van der Waals surface area contributed by atoms with Crippen LogP contribution in [0.4, 0.5) is 17.6 Å². The number of alkyl halides is 4. The molecule has 0 unspecified atom stereocenters. The summed E-state index contributed by atoms with van der Waals surface area (Å²) in [6.45, 7) is 4.66. The summed E-state index contributed by atoms with van der Waals surface area (Å²) >= 11 is 0. The van der Waals surface area contributed by atoms with E-state index in [-0.39, 0.29) is 12.2 Å². The predicted octanol–water partition coefficient (Wildman–Crippen LogP) is 4.11. The van der Waals surface area contributed by atoms with Gasteiger partial charge in [0, 0.05) is 13.0 Å². The summed E-state index contributed by atoms with van der Waals surface area (Å²) in [7, 11) is -6.25. The van der Waals surface area contributed by atoms with E-state index in [1.165, 1.54) is 0 Å². The summed E-state index contributed by atoms with van der Waals surface area (Å²) in [6, 6.07) is 0. The van der Waals surface area contributed by atoms with Crippen molar-refractivity contribution in [3.8, 4) is 0 Å². The van der Waals surface area contributed by atoms with Gasteiger partial charge < -0.3 is 9.47 Å². The van der Waals surface area contributed by atoms with Gasteiger partial charge >= 0.3 is 27.3 Å². The van der Waals surface area contributed by atoms with E-state index in [9.17, 15) is 30.8 Å². The van der Waals surface area contributed by atoms with E-state index in [1.54, 1.807) is 0 Å². The molecule has 0 radical (unpaired) electrons. The van der Waals surface area contributed by atoms with Crippen molar-refractivity contribution < 1.29 is 44.8 Å². The molecule has 0 saturated heterocycles. The third kappa shape index (κ3) is 6.15. The van der Waals surface area contributed by atoms with Gasteiger partial charge in [-0.1, -0.05) is 19.9 Å². The Balaban J connectivity index is 2.41. The van der Waals surface area contributed by atoms with Gasteiger partial charge in [0.1, 0.15) is 5.60 Å². The average Bonchev–Trinajstić information content (AvgIpc) is 2.60. The van der Waals surface area contributed by atoms with Crippen molar-refractivity contribution in [1.82, 2.24) is 0 Å². The zero-order valence-electron chi connectivity index (χ0n) is 15.7. The molecule has 11 heteroatoms. The van der Waals surface area contributed by atoms with Crippen LogP contribution in [0, 0.1) is 0 Å². The Kier molecular flexibility index (Phi) is 8.46. The molecule has 1 rings (SSSR count). The number of carbonyl (C=O) groups excluding carboxylic acids is 1. The number of ether oxygens (including phenoxy) is 2. The molecule has 28 heavy (non-hydrogen) atoms. The van der Waals surface area contributed by atoms with Crippen LogP contribution in [-0.4, -0.2) is 48.9 Å². The Labute approximate surface area is 162 Å². The first-order valence-electron chi connectivity index (χ1n) is 8.99. The second-order valence-electron chi connectivity index (χ2n) is 6.94. The van der Waals surface area contributed by atoms with Crippen molar-refractivity contribution >= 4 is 16.1 Å². The lowest BCUT2D eigenvalue weighted by Gasteiger charge is -2.36. The molecule has 1 N–H and O–H groups in total. The maximum atomic E-state index is 13.3. The van der Waals surface area contributed by atoms with Gasteiger partial charge in [0.05, 0.1) is 12.2 Å². The van der Waals surface area contributed by atoms with Crippen LogP contribution in [0.3, 0.4) is 0 Å². The fourth-order valence-corrected chi connectivity index (χ4v) is 3.46. The summed E-state index contributed by atoms with van der Waals surface area (Å²) in [4.78, 5) is 12.1. The Morgan fingerprint density at radius 3 is 2.25 bits per heavy atom. The van der Waals surface area contributed by atoms with Gasteiger partial charge in [-0.15, -0.1) is 0 Å². The molecule has 0 spiro atoms. The quantitative estimate of drug-likeness (QED) is 0.173. The molecule has 6 nitrogen and oxygen atoms in total. The molecule has 164 valence electrons. The molecule has 0 atom stereocenters. The largest absolute Gasteiger partial charge is 0.456 e. The number of carbonyl (C=O) groups is 1. The smallest absolute Gasteiger partial charge is 0.431 e. The Morgan fingerprint density at radius 1 is 1.18 bits per heavy atom. The van der Waals surface area contributed by atoms with E-state index >= 15 is 0 Å². The lowest BCUT2D eigenvalue weighted by Crippen LogP contribution is -2.46. The Bertz CT molecular complexity index is 657. The minimum Gasteiger partial charge on any atom is -0.456 e. The minimum absolute atomic E-state index is 0.0339. The third-order valence-corrected chi connectivity index (χ3v) is 5.76. The van der Waals surface area contributed by atoms with Crippen LogP contribution in [-0.2, 0) is 24.4 Å². The molecule has 0 aliphatic heterocycles. The minimum atomic E-state index is -6.25. The lowest BCUT2D eigenvalue weighted by molar-refractivity contribution is -0.166. The van der Waals surface area contributed by atoms with Crippen LogP contribution < -0.4 is 0 Å². The second kappa shape index (κ2) is 9.53. The number of esters is 1. The molecule has 0 amide bonds. The highest BCUT2D eigenvalue weighted by Gasteiger charge is 2.64. The van der Waals surface area contributed by atoms with Crippen molar-refractivity contribution in [2.75, 3.05) is 13.2 Å². The van der Waals surface area contributed by atoms with E-state index in [1.807, 2.05) is 6.92 Å². The van der Waals surface area contributed by atoms with Gasteiger partial charge in [0.25, 0.3) is 0 Å². The number of hydrogen-bond donors (Lipinski definition) is 1. The molecular weight excluding hydrogens is 408 g/mol. The molecular formula is C17H26F4O6S. The molecule has 0 aromatic heterocycles. The number of hydrogen-bond acceptors (Lipinski definition) is 5. The van der Waals surface area contributed by atoms with E-state index in [0.717, 1.165) is 32.1 Å². The van der Waals surface area contributed by atoms with Gasteiger partial charge in [-0.3, -0.25) is 4.55 Å². The van der Waals surface area contributed by atoms with Crippen molar-refractivity contribution in [3.05, 3.63) is 12.2 Å². The van der Waals surface area contributed by atoms with Gasteiger partial charge in [-0.25, -0.2) is 4.79 Å². The summed E-state index contributed by atoms with van der Waals surface area (Å²) < 4.78 is 92.3. The average molecular weight is 434 g/mol. The summed E-state index contributed by atoms with van der Waals surface area (Å²) in [5.41, 5.74) is -0.574. The Morgan fingerprint density at radius 2 is 1.75 bits per heavy atom. The SMILES string of the molecule is C=C(COCCCC(F)(F)C(F)(F)S(=O)(=O)O)C(=O)OC1(CC)CCCCC1. The maximum absolute atomic E-state index is 13.3. The Hall–Kier alpha value is -1.20. The molecule has 1 fully saturated rings. The van der Waals surface area contributed by atoms with Crippen LogP contribution in [0.5, 0.6) is 0 Å². The number of halogens is 4. The predicted molar refractivity (Wildman–Crippen MR) is 92.8 cm³/mol. The summed E-state index contributed by atoms with van der Waals surface area (Å²) in [5, 5.41) is -5.60. The topological polar surface area (TPSA) is 89.9 Å². The standard InChI is InChI=1S/C17H26F4O6S/c1-3-15(8-5-4-6-9-15)27-14(22)13(2)12-26-11-7-10-16(18,19)17(20,21)28(23,24)25/h2-12H2,1H3,(H,23,24,25). The molecule has 0 aromatic rings. The van der Waals surface area contributed by atoms with Gasteiger partial charge in [-0.05, 0) is 38.5 Å². The molecule has 1 aliphatic rings. The van der Waals surface area contributed by atoms with Crippen LogP contribution in [0.25, 0.3) is 0 Å². The molecule has 0 aromatic carbocycles. The van der Waals surface area contributed by atoms with Crippen molar-refractivity contribution in [1.29, 1.82) is 0 Å². The highest BCUT2D eigenvalue weighted by atomic mass is 32.2. The van der Waals surface area contributed by atoms with E-state index in [0.29, 0.717) is 6.42 Å². The zero-order chi connectivity index (χ0) is 21.6. The highest BCUT2D eigenvalue weighted by Crippen LogP contribution is 2.41. The highest BCUT2D eigenvalue weighted by molar-refractivity contribution is 7.87. The summed E-state index contributed by atoms with van der Waals surface area (Å²) in [5.74, 6) is -5.62. The first-order valence-corrected chi connectivity index (χ1v) is 10.4. The zero-order valence-corrected chi connectivity index (χ0v) is 16.5. The third-order valence-electron chi connectivity index (χ3n) is 4.81. The fourth-order valence-electron chi connectivity index (χ4n) is 2.98. The lowest BCUT2D eigenvalue weighted by atomic mass is 9.82. The van der Waals surface area contributed by atoms with Gasteiger partial charge in [-0.2, -0.15) is 26.0 Å². The monoisotopic (exact) mass is 434 g/mol. The van der Waals surface area contributed by atoms with Gasteiger partial charge in [0.2, 0.25) is 0 Å². The second-order valence-corrected chi connectivity index (χ2v) is 8.41. The van der Waals surface area contributed by atoms with Crippen molar-refractivity contribution in [2.24, 2.45) is 0 Å². The normalized spacial score (nSPS) is 17.9. The van der Waals surface area contributed by atoms with Crippen LogP contribution in [0.15, 0.2) is 12.2 Å². The van der Waals surface area contributed by atoms with Gasteiger partial charge in [0.15, 0.2) is 0 Å². The first-order chi connectivity index (χ1) is 12.8. The fraction of sp³-hybridized carbons (Fsp3) is 0.824. The van der Waals surface area contributed by atoms with E-state index < -0.39 is 52.3 Å². The number of rotatable bonds is 11. The van der Waals surface area contributed by atoms with Crippen molar-refractivity contribution in [3.63, 3.8) is 0 Å². The van der Waals surface area contributed by atoms with Crippen LogP contribution in [0.1, 0.15) is 58.3 Å². The molecule has 0 heterocycles. The summed E-state index contributed by atoms with van der Waals surface area (Å²) in [6.07, 6.45) is 2.98. The van der Waals surface area contributed by atoms with E-state index in [4.69, 9.17) is 14.0 Å². The van der Waals surface area contributed by atoms with Crippen molar-refractivity contribution in [2.45, 2.75) is 75.1 Å². The van der Waals surface area contributed by atoms with Crippen LogP contribution in [0.2, 0.25) is 0 Å². The maximum Gasteiger partial charge on any atom is 0.431 e. The van der Waals surface area contributed by atoms with E-state index in [2.05, 4.69) is 6.58 Å².